The van der Waals surface area contributed by atoms with Crippen LogP contribution in [0.2, 0.25) is 0 Å². The van der Waals surface area contributed by atoms with Crippen molar-refractivity contribution >= 4 is 27.3 Å². The quantitative estimate of drug-likeness (QED) is 0.424. The van der Waals surface area contributed by atoms with Gasteiger partial charge in [0.15, 0.2) is 12.4 Å². The maximum absolute atomic E-state index is 3.60. The molecule has 3 heterocycles. The lowest BCUT2D eigenvalue weighted by Gasteiger charge is -2.05. The van der Waals surface area contributed by atoms with E-state index in [1.54, 1.807) is 0 Å². The molecule has 0 aliphatic rings. The summed E-state index contributed by atoms with van der Waals surface area (Å²) in [6.07, 6.45) is 4.36. The van der Waals surface area contributed by atoms with E-state index in [-0.39, 0.29) is 17.0 Å². The van der Waals surface area contributed by atoms with Crippen molar-refractivity contribution in [1.82, 2.24) is 4.98 Å². The lowest BCUT2D eigenvalue weighted by molar-refractivity contribution is -0.511. The summed E-state index contributed by atoms with van der Waals surface area (Å²) in [4.78, 5) is 3.60. The molecule has 0 saturated carbocycles. The Morgan fingerprint density at radius 3 is 2.44 bits per heavy atom. The van der Waals surface area contributed by atoms with Crippen LogP contribution < -0.4 is 21.4 Å². The highest BCUT2D eigenvalue weighted by atomic mass is 79.9. The van der Waals surface area contributed by atoms with Crippen molar-refractivity contribution in [3.8, 4) is 11.1 Å². The molecule has 0 radical (unpaired) electrons. The molecule has 0 spiro atoms. The zero-order valence-electron chi connectivity index (χ0n) is 13.8. The number of para-hydroxylation sites is 1. The summed E-state index contributed by atoms with van der Waals surface area (Å²) in [6, 6.07) is 23.6. The number of fused-ring (bicyclic) bond motifs is 5. The van der Waals surface area contributed by atoms with Gasteiger partial charge >= 0.3 is 0 Å². The molecule has 0 atom stereocenters. The van der Waals surface area contributed by atoms with Crippen LogP contribution in [0, 0.1) is 6.92 Å². The first-order chi connectivity index (χ1) is 11.8. The van der Waals surface area contributed by atoms with Gasteiger partial charge in [-0.2, -0.15) is 4.40 Å². The number of halogens is 1. The number of rotatable bonds is 1. The molecule has 0 aliphatic heterocycles. The minimum Gasteiger partial charge on any atom is -1.00 e. The van der Waals surface area contributed by atoms with Crippen LogP contribution in [0.3, 0.4) is 0 Å². The Hall–Kier alpha value is -2.65. The van der Waals surface area contributed by atoms with Gasteiger partial charge < -0.3 is 22.0 Å². The summed E-state index contributed by atoms with van der Waals surface area (Å²) in [7, 11) is 0. The number of nitrogens with zero attached hydrogens (tertiary/aromatic N) is 1. The molecule has 3 aromatic heterocycles. The molecular weight excluding hydrogens is 372 g/mol. The third-order valence-corrected chi connectivity index (χ3v) is 4.81. The Kier molecular flexibility index (Phi) is 3.81. The summed E-state index contributed by atoms with van der Waals surface area (Å²) in [5.41, 5.74) is 7.38. The second-order valence-corrected chi connectivity index (χ2v) is 6.30. The zero-order chi connectivity index (χ0) is 16.1. The van der Waals surface area contributed by atoms with E-state index in [0.29, 0.717) is 0 Å². The van der Waals surface area contributed by atoms with Gasteiger partial charge in [0.05, 0.1) is 0 Å². The number of hydrogen-bond donors (Lipinski definition) is 1. The Bertz CT molecular complexity index is 1210. The molecule has 5 rings (SSSR count). The molecule has 0 amide bonds. The van der Waals surface area contributed by atoms with Crippen LogP contribution in [0.4, 0.5) is 0 Å². The summed E-state index contributed by atoms with van der Waals surface area (Å²) in [5, 5.41) is 2.55. The number of hydrogen-bond acceptors (Lipinski definition) is 0. The number of aromatic nitrogens is 2. The molecule has 2 nitrogen and oxygen atoms in total. The Balaban J connectivity index is 0.00000157. The molecule has 122 valence electrons. The van der Waals surface area contributed by atoms with Crippen molar-refractivity contribution < 1.29 is 21.4 Å². The number of aryl methyl sites for hydroxylation is 1. The Labute approximate surface area is 156 Å². The maximum atomic E-state index is 3.60. The SMILES string of the molecule is Cc1c[n+]2ccc3c4ccccc4[nH]c3c2cc1-c1ccccc1.[Br-]. The number of H-pyrrole nitrogens is 1. The van der Waals surface area contributed by atoms with E-state index in [1.807, 2.05) is 0 Å². The van der Waals surface area contributed by atoms with E-state index in [0.717, 1.165) is 0 Å². The van der Waals surface area contributed by atoms with Gasteiger partial charge in [0.2, 0.25) is 5.52 Å². The predicted octanol–water partition coefficient (Wildman–Crippen LogP) is 2.04. The Morgan fingerprint density at radius 2 is 1.60 bits per heavy atom. The minimum absolute atomic E-state index is 0. The van der Waals surface area contributed by atoms with Crippen molar-refractivity contribution in [2.45, 2.75) is 6.92 Å². The molecule has 3 heteroatoms. The van der Waals surface area contributed by atoms with E-state index < -0.39 is 0 Å². The maximum Gasteiger partial charge on any atom is 0.235 e. The monoisotopic (exact) mass is 388 g/mol. The molecule has 0 aliphatic carbocycles. The van der Waals surface area contributed by atoms with Crippen LogP contribution in [0.5, 0.6) is 0 Å². The fourth-order valence-electron chi connectivity index (χ4n) is 3.62. The van der Waals surface area contributed by atoms with Crippen molar-refractivity contribution in [1.29, 1.82) is 0 Å². The van der Waals surface area contributed by atoms with Crippen molar-refractivity contribution in [3.05, 3.63) is 84.7 Å². The van der Waals surface area contributed by atoms with Crippen molar-refractivity contribution in [2.24, 2.45) is 0 Å². The highest BCUT2D eigenvalue weighted by Crippen LogP contribution is 2.29. The normalized spacial score (nSPS) is 11.1. The smallest absolute Gasteiger partial charge is 0.235 e. The molecule has 0 bridgehead atoms. The molecule has 0 unspecified atom stereocenters. The van der Waals surface area contributed by atoms with Crippen LogP contribution >= 0.6 is 0 Å². The fraction of sp³-hybridized carbons (Fsp3) is 0.0455. The lowest BCUT2D eigenvalue weighted by atomic mass is 10.0. The highest BCUT2D eigenvalue weighted by Gasteiger charge is 2.15. The summed E-state index contributed by atoms with van der Waals surface area (Å²) in [6.45, 7) is 2.17. The van der Waals surface area contributed by atoms with Crippen molar-refractivity contribution in [3.63, 3.8) is 0 Å². The molecule has 5 aromatic rings. The topological polar surface area (TPSA) is 19.9 Å². The van der Waals surface area contributed by atoms with E-state index in [2.05, 4.69) is 95.4 Å². The number of pyridine rings is 2. The van der Waals surface area contributed by atoms with Gasteiger partial charge in [0, 0.05) is 34.0 Å². The lowest BCUT2D eigenvalue weighted by Crippen LogP contribution is -3.00. The van der Waals surface area contributed by atoms with E-state index in [1.165, 1.54) is 44.0 Å². The number of benzene rings is 2. The summed E-state index contributed by atoms with van der Waals surface area (Å²) in [5.74, 6) is 0. The largest absolute Gasteiger partial charge is 1.00 e. The second-order valence-electron chi connectivity index (χ2n) is 6.30. The van der Waals surface area contributed by atoms with Crippen LogP contribution in [-0.2, 0) is 0 Å². The first-order valence-corrected chi connectivity index (χ1v) is 8.22. The third-order valence-electron chi connectivity index (χ3n) is 4.81. The Morgan fingerprint density at radius 1 is 0.840 bits per heavy atom. The van der Waals surface area contributed by atoms with Gasteiger partial charge in [-0.05, 0) is 24.1 Å². The molecular formula is C22H17BrN2. The molecule has 0 fully saturated rings. The first-order valence-electron chi connectivity index (χ1n) is 8.22. The number of nitrogens with one attached hydrogen (secondary N) is 1. The van der Waals surface area contributed by atoms with E-state index >= 15 is 0 Å². The van der Waals surface area contributed by atoms with Crippen LogP contribution in [0.1, 0.15) is 5.56 Å². The van der Waals surface area contributed by atoms with E-state index in [9.17, 15) is 0 Å². The van der Waals surface area contributed by atoms with Crippen molar-refractivity contribution in [2.75, 3.05) is 0 Å². The number of aromatic amines is 1. The molecule has 2 aromatic carbocycles. The third kappa shape index (κ3) is 2.43. The van der Waals surface area contributed by atoms with Crippen LogP contribution in [0.15, 0.2) is 79.1 Å². The zero-order valence-corrected chi connectivity index (χ0v) is 15.4. The standard InChI is InChI=1S/C22H16N2.BrH/c1-15-14-24-12-11-18-17-9-5-6-10-20(17)23-22(18)21(24)13-19(15)16-7-3-2-4-8-16;/h2-14H,1H3;1H. The van der Waals surface area contributed by atoms with Gasteiger partial charge in [-0.25, -0.2) is 0 Å². The fourth-order valence-corrected chi connectivity index (χ4v) is 3.62. The van der Waals surface area contributed by atoms with Gasteiger partial charge in [0.1, 0.15) is 5.52 Å². The van der Waals surface area contributed by atoms with Crippen LogP contribution in [0.25, 0.3) is 38.4 Å². The second kappa shape index (κ2) is 6.01. The average Bonchev–Trinajstić information content (AvgIpc) is 3.01. The average molecular weight is 389 g/mol. The highest BCUT2D eigenvalue weighted by molar-refractivity contribution is 6.11. The van der Waals surface area contributed by atoms with Gasteiger partial charge in [-0.3, -0.25) is 0 Å². The minimum atomic E-state index is 0. The molecule has 1 N–H and O–H groups in total. The predicted molar refractivity (Wildman–Crippen MR) is 99.1 cm³/mol. The summed E-state index contributed by atoms with van der Waals surface area (Å²) < 4.78 is 2.21. The van der Waals surface area contributed by atoms with Gasteiger partial charge in [-0.1, -0.05) is 48.5 Å². The molecule has 25 heavy (non-hydrogen) atoms. The first kappa shape index (κ1) is 15.9. The van der Waals surface area contributed by atoms with Crippen LogP contribution in [-0.4, -0.2) is 4.98 Å². The molecule has 0 saturated heterocycles. The van der Waals surface area contributed by atoms with Gasteiger partial charge in [0.25, 0.3) is 0 Å². The van der Waals surface area contributed by atoms with Gasteiger partial charge in [-0.15, -0.1) is 0 Å². The van der Waals surface area contributed by atoms with E-state index in [4.69, 9.17) is 0 Å². The summed E-state index contributed by atoms with van der Waals surface area (Å²) >= 11 is 0.